The van der Waals surface area contributed by atoms with E-state index in [0.717, 1.165) is 31.2 Å². The lowest BCUT2D eigenvalue weighted by Crippen LogP contribution is -2.43. The summed E-state index contributed by atoms with van der Waals surface area (Å²) in [6.07, 6.45) is 11.9. The first-order chi connectivity index (χ1) is 14.2. The van der Waals surface area contributed by atoms with E-state index in [4.69, 9.17) is 0 Å². The average Bonchev–Trinajstić information content (AvgIpc) is 2.72. The summed E-state index contributed by atoms with van der Waals surface area (Å²) >= 11 is 0. The lowest BCUT2D eigenvalue weighted by Gasteiger charge is -2.26. The van der Waals surface area contributed by atoms with Crippen molar-refractivity contribution in [3.8, 4) is 0 Å². The van der Waals surface area contributed by atoms with Crippen LogP contribution in [0.25, 0.3) is 0 Å². The fourth-order valence-electron chi connectivity index (χ4n) is 3.70. The number of nitrogens with zero attached hydrogens (tertiary/aromatic N) is 2. The molecule has 0 bridgehead atoms. The van der Waals surface area contributed by atoms with E-state index in [1.54, 1.807) is 30.9 Å². The highest BCUT2D eigenvalue weighted by molar-refractivity contribution is 5.99. The molecule has 2 aromatic heterocycles. The van der Waals surface area contributed by atoms with Crippen LogP contribution in [0.15, 0.2) is 41.7 Å². The first-order valence-electron chi connectivity index (χ1n) is 10.5. The number of carbonyl (C=O) groups is 2. The van der Waals surface area contributed by atoms with Crippen molar-refractivity contribution in [2.75, 3.05) is 0 Å². The van der Waals surface area contributed by atoms with E-state index in [-0.39, 0.29) is 23.7 Å². The van der Waals surface area contributed by atoms with Crippen LogP contribution in [0.5, 0.6) is 0 Å². The first-order valence-corrected chi connectivity index (χ1v) is 10.5. The van der Waals surface area contributed by atoms with Gasteiger partial charge >= 0.3 is 0 Å². The number of amides is 2. The second-order valence-electron chi connectivity index (χ2n) is 8.90. The molecule has 0 aliphatic heterocycles. The molecule has 2 heterocycles. The molecule has 0 radical (unpaired) electrons. The fourth-order valence-corrected chi connectivity index (χ4v) is 3.70. The normalized spacial score (nSPS) is 14.9. The van der Waals surface area contributed by atoms with Crippen LogP contribution in [0.1, 0.15) is 85.2 Å². The number of pyridine rings is 2. The van der Waals surface area contributed by atoms with Crippen LogP contribution in [-0.2, 0) is 6.54 Å². The van der Waals surface area contributed by atoms with Gasteiger partial charge in [-0.1, -0.05) is 25.3 Å². The molecular formula is C23H30N4O3. The van der Waals surface area contributed by atoms with Crippen molar-refractivity contribution < 1.29 is 9.59 Å². The van der Waals surface area contributed by atoms with Gasteiger partial charge in [0, 0.05) is 42.9 Å². The third-order valence-electron chi connectivity index (χ3n) is 5.20. The summed E-state index contributed by atoms with van der Waals surface area (Å²) < 4.78 is 1.89. The molecule has 0 aromatic carbocycles. The van der Waals surface area contributed by atoms with Crippen molar-refractivity contribution in [1.82, 2.24) is 20.2 Å². The van der Waals surface area contributed by atoms with Crippen LogP contribution in [0, 0.1) is 0 Å². The Bertz CT molecular complexity index is 955. The number of aromatic nitrogens is 2. The number of nitrogens with one attached hydrogen (secondary N) is 2. The van der Waals surface area contributed by atoms with Gasteiger partial charge < -0.3 is 15.2 Å². The second-order valence-corrected chi connectivity index (χ2v) is 8.90. The standard InChI is InChI=1S/C23H30N4O3/c1-23(2,3)26-22(30)19-15-27(17-9-5-4-6-10-17)14-18(20(19)28)21(29)25-13-16-8-7-11-24-12-16/h7-8,11-12,14-15,17H,4-6,9-10,13H2,1-3H3,(H,25,29)(H,26,30). The number of carbonyl (C=O) groups excluding carboxylic acids is 2. The Morgan fingerprint density at radius 2 is 1.77 bits per heavy atom. The molecule has 1 saturated carbocycles. The highest BCUT2D eigenvalue weighted by Gasteiger charge is 2.24. The van der Waals surface area contributed by atoms with Crippen molar-refractivity contribution in [2.24, 2.45) is 0 Å². The minimum atomic E-state index is -0.549. The Morgan fingerprint density at radius 3 is 2.37 bits per heavy atom. The minimum absolute atomic E-state index is 0.00419. The second kappa shape index (κ2) is 9.24. The third-order valence-corrected chi connectivity index (χ3v) is 5.20. The Balaban J connectivity index is 1.93. The van der Waals surface area contributed by atoms with Gasteiger partial charge in [0.05, 0.1) is 0 Å². The Kier molecular flexibility index (Phi) is 6.70. The van der Waals surface area contributed by atoms with Gasteiger partial charge in [-0.2, -0.15) is 0 Å². The van der Waals surface area contributed by atoms with E-state index in [0.29, 0.717) is 0 Å². The number of rotatable bonds is 5. The molecule has 0 atom stereocenters. The first kappa shape index (κ1) is 21.7. The molecule has 0 saturated heterocycles. The van der Waals surface area contributed by atoms with Gasteiger partial charge in [-0.15, -0.1) is 0 Å². The minimum Gasteiger partial charge on any atom is -0.349 e. The summed E-state index contributed by atoms with van der Waals surface area (Å²) in [7, 11) is 0. The topological polar surface area (TPSA) is 93.1 Å². The highest BCUT2D eigenvalue weighted by atomic mass is 16.2. The summed E-state index contributed by atoms with van der Waals surface area (Å²) in [6.45, 7) is 5.83. The molecule has 1 aliphatic carbocycles. The van der Waals surface area contributed by atoms with Gasteiger partial charge in [-0.25, -0.2) is 0 Å². The molecule has 7 heteroatoms. The summed E-state index contributed by atoms with van der Waals surface area (Å²) in [4.78, 5) is 42.7. The van der Waals surface area contributed by atoms with Gasteiger partial charge in [-0.05, 0) is 45.2 Å². The molecule has 1 aliphatic rings. The van der Waals surface area contributed by atoms with E-state index >= 15 is 0 Å². The van der Waals surface area contributed by atoms with E-state index in [2.05, 4.69) is 15.6 Å². The molecule has 3 rings (SSSR count). The number of hydrogen-bond acceptors (Lipinski definition) is 4. The smallest absolute Gasteiger partial charge is 0.257 e. The quantitative estimate of drug-likeness (QED) is 0.792. The van der Waals surface area contributed by atoms with Crippen LogP contribution < -0.4 is 16.1 Å². The van der Waals surface area contributed by atoms with Crippen LogP contribution in [0.2, 0.25) is 0 Å². The van der Waals surface area contributed by atoms with Gasteiger partial charge in [0.25, 0.3) is 11.8 Å². The summed E-state index contributed by atoms with van der Waals surface area (Å²) in [5.41, 5.74) is -0.208. The fraction of sp³-hybridized carbons (Fsp3) is 0.478. The molecule has 30 heavy (non-hydrogen) atoms. The molecule has 2 N–H and O–H groups in total. The zero-order valence-electron chi connectivity index (χ0n) is 17.9. The van der Waals surface area contributed by atoms with Crippen LogP contribution in [0.3, 0.4) is 0 Å². The van der Waals surface area contributed by atoms with Crippen molar-refractivity contribution in [2.45, 2.75) is 71.0 Å². The maximum absolute atomic E-state index is 13.0. The Labute approximate surface area is 176 Å². The molecule has 2 aromatic rings. The maximum Gasteiger partial charge on any atom is 0.257 e. The summed E-state index contributed by atoms with van der Waals surface area (Å²) in [5.74, 6) is -0.946. The number of hydrogen-bond donors (Lipinski definition) is 2. The van der Waals surface area contributed by atoms with Crippen molar-refractivity contribution in [1.29, 1.82) is 0 Å². The zero-order chi connectivity index (χ0) is 21.7. The van der Waals surface area contributed by atoms with Crippen LogP contribution in [0.4, 0.5) is 0 Å². The van der Waals surface area contributed by atoms with Gasteiger partial charge in [-0.3, -0.25) is 19.4 Å². The van der Waals surface area contributed by atoms with Crippen molar-refractivity contribution in [3.05, 3.63) is 63.8 Å². The SMILES string of the molecule is CC(C)(C)NC(=O)c1cn(C2CCCCC2)cc(C(=O)NCc2cccnc2)c1=O. The maximum atomic E-state index is 13.0. The van der Waals surface area contributed by atoms with Crippen LogP contribution >= 0.6 is 0 Å². The largest absolute Gasteiger partial charge is 0.349 e. The van der Waals surface area contributed by atoms with E-state index < -0.39 is 22.8 Å². The summed E-state index contributed by atoms with van der Waals surface area (Å²) in [5, 5.41) is 5.61. The molecule has 1 fully saturated rings. The average molecular weight is 411 g/mol. The Morgan fingerprint density at radius 1 is 1.10 bits per heavy atom. The predicted molar refractivity (Wildman–Crippen MR) is 115 cm³/mol. The molecule has 2 amide bonds. The molecule has 160 valence electrons. The lowest BCUT2D eigenvalue weighted by molar-refractivity contribution is 0.0917. The molecule has 0 spiro atoms. The monoisotopic (exact) mass is 410 g/mol. The predicted octanol–water partition coefficient (Wildman–Crippen LogP) is 3.21. The molecule has 0 unspecified atom stereocenters. The van der Waals surface area contributed by atoms with Crippen molar-refractivity contribution in [3.63, 3.8) is 0 Å². The zero-order valence-corrected chi connectivity index (χ0v) is 17.9. The van der Waals surface area contributed by atoms with E-state index in [1.807, 2.05) is 31.4 Å². The third kappa shape index (κ3) is 5.55. The van der Waals surface area contributed by atoms with E-state index in [9.17, 15) is 14.4 Å². The van der Waals surface area contributed by atoms with E-state index in [1.165, 1.54) is 6.42 Å². The van der Waals surface area contributed by atoms with Crippen molar-refractivity contribution >= 4 is 11.8 Å². The summed E-state index contributed by atoms with van der Waals surface area (Å²) in [6, 6.07) is 3.82. The molecule has 7 nitrogen and oxygen atoms in total. The molecular weight excluding hydrogens is 380 g/mol. The lowest BCUT2D eigenvalue weighted by atomic mass is 9.95. The van der Waals surface area contributed by atoms with Gasteiger partial charge in [0.15, 0.2) is 0 Å². The van der Waals surface area contributed by atoms with Crippen LogP contribution in [-0.4, -0.2) is 26.9 Å². The van der Waals surface area contributed by atoms with Gasteiger partial charge in [0.1, 0.15) is 11.1 Å². The Hall–Kier alpha value is -2.96. The van der Waals surface area contributed by atoms with Gasteiger partial charge in [0.2, 0.25) is 5.43 Å². The highest BCUT2D eigenvalue weighted by Crippen LogP contribution is 2.28.